The molecule has 0 radical (unpaired) electrons. The van der Waals surface area contributed by atoms with Crippen molar-refractivity contribution in [3.63, 3.8) is 0 Å². The van der Waals surface area contributed by atoms with Gasteiger partial charge in [-0.05, 0) is 42.8 Å². The van der Waals surface area contributed by atoms with Crippen LogP contribution in [0.3, 0.4) is 0 Å². The Morgan fingerprint density at radius 1 is 1.38 bits per heavy atom. The van der Waals surface area contributed by atoms with Crippen molar-refractivity contribution in [2.75, 3.05) is 0 Å². The summed E-state index contributed by atoms with van der Waals surface area (Å²) in [5.41, 5.74) is 0. The quantitative estimate of drug-likeness (QED) is 0.834. The summed E-state index contributed by atoms with van der Waals surface area (Å²) < 4.78 is 37.9. The van der Waals surface area contributed by atoms with E-state index in [1.807, 2.05) is 0 Å². The van der Waals surface area contributed by atoms with Crippen LogP contribution in [0.15, 0.2) is 29.2 Å². The normalized spacial score (nSPS) is 13.4. The number of carbonyl (C=O) groups excluding carboxylic acids is 1. The van der Waals surface area contributed by atoms with Crippen LogP contribution in [0.1, 0.15) is 6.92 Å². The van der Waals surface area contributed by atoms with Gasteiger partial charge >= 0.3 is 0 Å². The highest BCUT2D eigenvalue weighted by molar-refractivity contribution is 7.89. The fourth-order valence-electron chi connectivity index (χ4n) is 0.961. The number of rotatable bonds is 4. The zero-order valence-corrected chi connectivity index (χ0v) is 9.85. The number of sulfonamides is 1. The number of carbonyl (C=O) groups is 1. The Kier molecular flexibility index (Phi) is 4.01. The molecule has 0 aliphatic carbocycles. The average Bonchev–Trinajstić information content (AvgIpc) is 2.17. The van der Waals surface area contributed by atoms with Gasteiger partial charge in [-0.3, -0.25) is 4.79 Å². The van der Waals surface area contributed by atoms with Gasteiger partial charge in [0, 0.05) is 0 Å². The van der Waals surface area contributed by atoms with Crippen molar-refractivity contribution < 1.29 is 17.6 Å². The van der Waals surface area contributed by atoms with Gasteiger partial charge in [0.2, 0.25) is 15.3 Å². The first-order chi connectivity index (χ1) is 7.33. The van der Waals surface area contributed by atoms with Gasteiger partial charge in [0.15, 0.2) is 0 Å². The van der Waals surface area contributed by atoms with Gasteiger partial charge in [0.05, 0.1) is 10.9 Å². The summed E-state index contributed by atoms with van der Waals surface area (Å²) in [5.74, 6) is -0.541. The summed E-state index contributed by atoms with van der Waals surface area (Å²) in [5, 5.41) is -0.814. The first-order valence-corrected chi connectivity index (χ1v) is 6.16. The molecule has 4 nitrogen and oxygen atoms in total. The van der Waals surface area contributed by atoms with Crippen molar-refractivity contribution in [3.05, 3.63) is 30.1 Å². The third-order valence-corrected chi connectivity index (χ3v) is 3.68. The van der Waals surface area contributed by atoms with Crippen molar-refractivity contribution in [3.8, 4) is 0 Å². The Balaban J connectivity index is 2.94. The molecule has 0 heterocycles. The summed E-state index contributed by atoms with van der Waals surface area (Å²) in [7, 11) is -3.84. The standard InChI is InChI=1S/C9H9ClFNO3S/c1-6(9(10)13)12-16(14,15)8-4-2-7(11)3-5-8/h2-6,12H,1H3. The van der Waals surface area contributed by atoms with E-state index in [2.05, 4.69) is 4.72 Å². The number of halogens is 2. The molecule has 88 valence electrons. The first kappa shape index (κ1) is 13.1. The summed E-state index contributed by atoms with van der Waals surface area (Å²) in [6, 6.07) is 3.20. The summed E-state index contributed by atoms with van der Waals surface area (Å²) in [6.07, 6.45) is 0. The Morgan fingerprint density at radius 3 is 2.31 bits per heavy atom. The molecule has 0 aliphatic heterocycles. The first-order valence-electron chi connectivity index (χ1n) is 4.30. The van der Waals surface area contributed by atoms with E-state index in [9.17, 15) is 17.6 Å². The average molecular weight is 266 g/mol. The van der Waals surface area contributed by atoms with E-state index in [4.69, 9.17) is 11.6 Å². The zero-order chi connectivity index (χ0) is 12.3. The number of benzene rings is 1. The van der Waals surface area contributed by atoms with Crippen LogP contribution in [-0.2, 0) is 14.8 Å². The number of hydrogen-bond acceptors (Lipinski definition) is 3. The fourth-order valence-corrected chi connectivity index (χ4v) is 2.28. The van der Waals surface area contributed by atoms with E-state index >= 15 is 0 Å². The molecular weight excluding hydrogens is 257 g/mol. The highest BCUT2D eigenvalue weighted by Gasteiger charge is 2.20. The third-order valence-electron chi connectivity index (χ3n) is 1.80. The fraction of sp³-hybridized carbons (Fsp3) is 0.222. The molecule has 0 aliphatic rings. The molecule has 1 aromatic carbocycles. The molecule has 0 saturated heterocycles. The second-order valence-electron chi connectivity index (χ2n) is 3.10. The van der Waals surface area contributed by atoms with Crippen molar-refractivity contribution in [1.29, 1.82) is 0 Å². The van der Waals surface area contributed by atoms with Gasteiger partial charge in [-0.15, -0.1) is 0 Å². The van der Waals surface area contributed by atoms with Gasteiger partial charge in [-0.1, -0.05) is 0 Å². The highest BCUT2D eigenvalue weighted by Crippen LogP contribution is 2.10. The summed E-state index contributed by atoms with van der Waals surface area (Å²) in [4.78, 5) is 10.6. The largest absolute Gasteiger partial charge is 0.279 e. The smallest absolute Gasteiger partial charge is 0.241 e. The van der Waals surface area contributed by atoms with E-state index in [0.29, 0.717) is 0 Å². The second-order valence-corrected chi connectivity index (χ2v) is 5.19. The van der Waals surface area contributed by atoms with E-state index in [1.54, 1.807) is 0 Å². The molecule has 0 aromatic heterocycles. The predicted molar refractivity (Wildman–Crippen MR) is 57.0 cm³/mol. The van der Waals surface area contributed by atoms with E-state index < -0.39 is 27.1 Å². The molecule has 1 atom stereocenters. The molecule has 0 spiro atoms. The SMILES string of the molecule is CC(NS(=O)(=O)c1ccc(F)cc1)C(=O)Cl. The van der Waals surface area contributed by atoms with Crippen molar-refractivity contribution >= 4 is 26.9 Å². The topological polar surface area (TPSA) is 63.2 Å². The minimum absolute atomic E-state index is 0.126. The maximum absolute atomic E-state index is 12.6. The van der Waals surface area contributed by atoms with Crippen LogP contribution in [0.2, 0.25) is 0 Å². The summed E-state index contributed by atoms with van der Waals surface area (Å²) >= 11 is 5.12. The Labute approximate surface area is 97.5 Å². The van der Waals surface area contributed by atoms with Crippen LogP contribution in [0.4, 0.5) is 4.39 Å². The lowest BCUT2D eigenvalue weighted by Crippen LogP contribution is -2.36. The lowest BCUT2D eigenvalue weighted by Gasteiger charge is -2.09. The molecule has 7 heteroatoms. The van der Waals surface area contributed by atoms with Crippen LogP contribution in [0.5, 0.6) is 0 Å². The van der Waals surface area contributed by atoms with Crippen LogP contribution >= 0.6 is 11.6 Å². The van der Waals surface area contributed by atoms with Crippen LogP contribution in [0.25, 0.3) is 0 Å². The molecular formula is C9H9ClFNO3S. The molecule has 1 aromatic rings. The van der Waals surface area contributed by atoms with E-state index in [1.165, 1.54) is 6.92 Å². The highest BCUT2D eigenvalue weighted by atomic mass is 35.5. The monoisotopic (exact) mass is 265 g/mol. The number of nitrogens with one attached hydrogen (secondary N) is 1. The maximum atomic E-state index is 12.6. The van der Waals surface area contributed by atoms with E-state index in [-0.39, 0.29) is 4.90 Å². The molecule has 0 amide bonds. The molecule has 1 N–H and O–H groups in total. The van der Waals surface area contributed by atoms with Gasteiger partial charge in [-0.25, -0.2) is 12.8 Å². The molecule has 1 rings (SSSR count). The predicted octanol–water partition coefficient (Wildman–Crippen LogP) is 1.26. The minimum atomic E-state index is -3.84. The van der Waals surface area contributed by atoms with Crippen molar-refractivity contribution in [2.45, 2.75) is 17.9 Å². The zero-order valence-electron chi connectivity index (χ0n) is 8.28. The Bertz CT molecular complexity index is 486. The van der Waals surface area contributed by atoms with Crippen LogP contribution < -0.4 is 4.72 Å². The Hall–Kier alpha value is -0.980. The van der Waals surface area contributed by atoms with Crippen LogP contribution in [0, 0.1) is 5.82 Å². The van der Waals surface area contributed by atoms with Crippen molar-refractivity contribution in [1.82, 2.24) is 4.72 Å². The van der Waals surface area contributed by atoms with Gasteiger partial charge in [-0.2, -0.15) is 4.72 Å². The summed E-state index contributed by atoms with van der Waals surface area (Å²) in [6.45, 7) is 1.32. The minimum Gasteiger partial charge on any atom is -0.279 e. The van der Waals surface area contributed by atoms with Gasteiger partial charge in [0.25, 0.3) is 0 Å². The molecule has 0 saturated carbocycles. The lowest BCUT2D eigenvalue weighted by atomic mass is 10.4. The molecule has 0 bridgehead atoms. The molecule has 1 unspecified atom stereocenters. The van der Waals surface area contributed by atoms with Gasteiger partial charge in [0.1, 0.15) is 5.82 Å². The maximum Gasteiger partial charge on any atom is 0.241 e. The van der Waals surface area contributed by atoms with E-state index in [0.717, 1.165) is 24.3 Å². The van der Waals surface area contributed by atoms with Crippen molar-refractivity contribution in [2.24, 2.45) is 0 Å². The number of hydrogen-bond donors (Lipinski definition) is 1. The Morgan fingerprint density at radius 2 is 1.88 bits per heavy atom. The van der Waals surface area contributed by atoms with Crippen LogP contribution in [-0.4, -0.2) is 19.7 Å². The second kappa shape index (κ2) is 4.90. The molecule has 0 fully saturated rings. The lowest BCUT2D eigenvalue weighted by molar-refractivity contribution is -0.112. The molecule has 16 heavy (non-hydrogen) atoms. The third kappa shape index (κ3) is 3.26. The van der Waals surface area contributed by atoms with Gasteiger partial charge < -0.3 is 0 Å².